The van der Waals surface area contributed by atoms with Crippen LogP contribution in [0, 0.1) is 0 Å². The number of hydrogen-bond acceptors (Lipinski definition) is 2. The van der Waals surface area contributed by atoms with Gasteiger partial charge in [-0.25, -0.2) is 4.57 Å². The third kappa shape index (κ3) is 2.42. The molecule has 0 spiro atoms. The van der Waals surface area contributed by atoms with Crippen molar-refractivity contribution in [1.82, 2.24) is 0 Å². The van der Waals surface area contributed by atoms with Crippen LogP contribution in [-0.4, -0.2) is 6.61 Å². The number of rotatable bonds is 3. The number of hydrogen-bond donors (Lipinski definition) is 0. The zero-order valence-corrected chi connectivity index (χ0v) is 6.51. The van der Waals surface area contributed by atoms with Crippen LogP contribution in [0.1, 0.15) is 12.8 Å². The molecule has 2 nitrogen and oxygen atoms in total. The standard InChI is InChI=1S/C7H9O2P/c8-10-9-6-7-4-2-1-3-5-7/h2,4-5H,1,3,6H2. The molecular weight excluding hydrogens is 147 g/mol. The van der Waals surface area contributed by atoms with E-state index in [-0.39, 0.29) is 8.69 Å². The van der Waals surface area contributed by atoms with Crippen molar-refractivity contribution in [2.24, 2.45) is 0 Å². The Morgan fingerprint density at radius 1 is 1.60 bits per heavy atom. The molecule has 0 aliphatic heterocycles. The van der Waals surface area contributed by atoms with Crippen LogP contribution in [0.3, 0.4) is 0 Å². The third-order valence-corrected chi connectivity index (χ3v) is 1.59. The Morgan fingerprint density at radius 3 is 3.10 bits per heavy atom. The summed E-state index contributed by atoms with van der Waals surface area (Å²) in [5.41, 5.74) is 1.12. The summed E-state index contributed by atoms with van der Waals surface area (Å²) in [6, 6.07) is 0. The van der Waals surface area contributed by atoms with Gasteiger partial charge in [0, 0.05) is 0 Å². The minimum Gasteiger partial charge on any atom is -0.290 e. The van der Waals surface area contributed by atoms with Gasteiger partial charge in [-0.1, -0.05) is 18.2 Å². The molecule has 0 radical (unpaired) electrons. The molecule has 0 N–H and O–H groups in total. The minimum atomic E-state index is -0.236. The molecule has 0 aromatic rings. The van der Waals surface area contributed by atoms with E-state index in [0.717, 1.165) is 18.4 Å². The van der Waals surface area contributed by atoms with Crippen molar-refractivity contribution in [1.29, 1.82) is 0 Å². The highest BCUT2D eigenvalue weighted by Gasteiger charge is 1.95. The maximum atomic E-state index is 9.87. The van der Waals surface area contributed by atoms with Crippen LogP contribution in [0.25, 0.3) is 0 Å². The Morgan fingerprint density at radius 2 is 2.50 bits per heavy atom. The molecule has 0 bridgehead atoms. The average Bonchev–Trinajstić information content (AvgIpc) is 2.03. The Labute approximate surface area is 61.9 Å². The topological polar surface area (TPSA) is 26.3 Å². The highest BCUT2D eigenvalue weighted by molar-refractivity contribution is 7.17. The predicted octanol–water partition coefficient (Wildman–Crippen LogP) is 2.49. The zero-order chi connectivity index (χ0) is 7.23. The maximum Gasteiger partial charge on any atom is 0.327 e. The van der Waals surface area contributed by atoms with Crippen molar-refractivity contribution in [2.75, 3.05) is 6.61 Å². The van der Waals surface area contributed by atoms with Crippen molar-refractivity contribution < 1.29 is 9.09 Å². The fourth-order valence-electron chi connectivity index (χ4n) is 0.876. The van der Waals surface area contributed by atoms with Crippen molar-refractivity contribution in [2.45, 2.75) is 12.8 Å². The number of allylic oxidation sites excluding steroid dienone is 2. The molecule has 0 fully saturated rings. The molecular formula is C7H9O2P. The van der Waals surface area contributed by atoms with Crippen LogP contribution in [-0.2, 0) is 9.09 Å². The van der Waals surface area contributed by atoms with Gasteiger partial charge in [-0.2, -0.15) is 0 Å². The molecule has 0 amide bonds. The van der Waals surface area contributed by atoms with Crippen molar-refractivity contribution >= 4 is 8.69 Å². The fourth-order valence-corrected chi connectivity index (χ4v) is 1.08. The van der Waals surface area contributed by atoms with E-state index in [0.29, 0.717) is 6.61 Å². The first-order valence-electron chi connectivity index (χ1n) is 3.23. The molecule has 0 aromatic carbocycles. The summed E-state index contributed by atoms with van der Waals surface area (Å²) in [7, 11) is -0.236. The van der Waals surface area contributed by atoms with Gasteiger partial charge in [0.05, 0.1) is 6.61 Å². The zero-order valence-electron chi connectivity index (χ0n) is 5.62. The summed E-state index contributed by atoms with van der Waals surface area (Å²) in [5.74, 6) is 0. The maximum absolute atomic E-state index is 9.87. The minimum absolute atomic E-state index is 0.236. The lowest BCUT2D eigenvalue weighted by Gasteiger charge is -2.02. The molecule has 0 saturated carbocycles. The van der Waals surface area contributed by atoms with E-state index in [1.54, 1.807) is 0 Å². The summed E-state index contributed by atoms with van der Waals surface area (Å²) >= 11 is 0. The summed E-state index contributed by atoms with van der Waals surface area (Å²) in [6.07, 6.45) is 8.39. The smallest absolute Gasteiger partial charge is 0.290 e. The lowest BCUT2D eigenvalue weighted by Crippen LogP contribution is -1.90. The Kier molecular flexibility index (Phi) is 3.34. The molecule has 10 heavy (non-hydrogen) atoms. The van der Waals surface area contributed by atoms with Gasteiger partial charge in [0.1, 0.15) is 0 Å². The van der Waals surface area contributed by atoms with Crippen LogP contribution in [0.2, 0.25) is 0 Å². The molecule has 0 heterocycles. The molecule has 0 saturated heterocycles. The van der Waals surface area contributed by atoms with Gasteiger partial charge in [-0.05, 0) is 18.4 Å². The van der Waals surface area contributed by atoms with Gasteiger partial charge >= 0.3 is 8.69 Å². The van der Waals surface area contributed by atoms with E-state index in [2.05, 4.69) is 16.7 Å². The Hall–Kier alpha value is -0.460. The molecule has 0 atom stereocenters. The monoisotopic (exact) mass is 156 g/mol. The van der Waals surface area contributed by atoms with Crippen LogP contribution in [0.5, 0.6) is 0 Å². The second-order valence-electron chi connectivity index (χ2n) is 2.11. The second kappa shape index (κ2) is 4.37. The SMILES string of the molecule is O=POCC1=CCCC=C1. The van der Waals surface area contributed by atoms with Crippen LogP contribution in [0.15, 0.2) is 23.8 Å². The van der Waals surface area contributed by atoms with E-state index in [9.17, 15) is 4.57 Å². The largest absolute Gasteiger partial charge is 0.327 e. The first-order valence-corrected chi connectivity index (χ1v) is 3.96. The Balaban J connectivity index is 2.32. The van der Waals surface area contributed by atoms with Crippen LogP contribution >= 0.6 is 8.69 Å². The average molecular weight is 156 g/mol. The normalized spacial score (nSPS) is 17.4. The lowest BCUT2D eigenvalue weighted by atomic mass is 10.1. The molecule has 0 unspecified atom stereocenters. The van der Waals surface area contributed by atoms with E-state index in [4.69, 9.17) is 0 Å². The van der Waals surface area contributed by atoms with Gasteiger partial charge in [-0.15, -0.1) is 0 Å². The van der Waals surface area contributed by atoms with Crippen molar-refractivity contribution in [3.8, 4) is 0 Å². The third-order valence-electron chi connectivity index (χ3n) is 1.36. The van der Waals surface area contributed by atoms with Crippen LogP contribution in [0.4, 0.5) is 0 Å². The van der Waals surface area contributed by atoms with Gasteiger partial charge in [0.15, 0.2) is 0 Å². The fraction of sp³-hybridized carbons (Fsp3) is 0.429. The molecule has 1 aliphatic rings. The van der Waals surface area contributed by atoms with Crippen LogP contribution < -0.4 is 0 Å². The van der Waals surface area contributed by atoms with Crippen molar-refractivity contribution in [3.63, 3.8) is 0 Å². The lowest BCUT2D eigenvalue weighted by molar-refractivity contribution is 0.379. The van der Waals surface area contributed by atoms with Gasteiger partial charge in [0.25, 0.3) is 0 Å². The van der Waals surface area contributed by atoms with E-state index >= 15 is 0 Å². The van der Waals surface area contributed by atoms with Gasteiger partial charge in [0.2, 0.25) is 0 Å². The molecule has 1 aliphatic carbocycles. The van der Waals surface area contributed by atoms with Crippen molar-refractivity contribution in [3.05, 3.63) is 23.8 Å². The summed E-state index contributed by atoms with van der Waals surface area (Å²) in [4.78, 5) is 0. The molecule has 54 valence electrons. The highest BCUT2D eigenvalue weighted by atomic mass is 31.1. The molecule has 1 rings (SSSR count). The van der Waals surface area contributed by atoms with Gasteiger partial charge in [-0.3, -0.25) is 4.52 Å². The predicted molar refractivity (Wildman–Crippen MR) is 40.0 cm³/mol. The first kappa shape index (κ1) is 7.64. The highest BCUT2D eigenvalue weighted by Crippen LogP contribution is 2.11. The van der Waals surface area contributed by atoms with E-state index < -0.39 is 0 Å². The first-order chi connectivity index (χ1) is 4.93. The summed E-state index contributed by atoms with van der Waals surface area (Å²) in [5, 5.41) is 0. The molecule has 3 heteroatoms. The van der Waals surface area contributed by atoms with E-state index in [1.165, 1.54) is 0 Å². The second-order valence-corrected chi connectivity index (χ2v) is 2.51. The van der Waals surface area contributed by atoms with E-state index in [1.807, 2.05) is 6.08 Å². The Bertz CT molecular complexity index is 172. The summed E-state index contributed by atoms with van der Waals surface area (Å²) < 4.78 is 14.5. The quantitative estimate of drug-likeness (QED) is 0.586. The molecule has 0 aromatic heterocycles. The summed E-state index contributed by atoms with van der Waals surface area (Å²) in [6.45, 7) is 0.460. The van der Waals surface area contributed by atoms with Gasteiger partial charge < -0.3 is 0 Å².